The van der Waals surface area contributed by atoms with E-state index in [-0.39, 0.29) is 11.1 Å². The van der Waals surface area contributed by atoms with Crippen molar-refractivity contribution in [1.82, 2.24) is 4.90 Å². The Hall–Kier alpha value is -0.593. The van der Waals surface area contributed by atoms with E-state index in [4.69, 9.17) is 15.3 Å². The van der Waals surface area contributed by atoms with Crippen molar-refractivity contribution in [2.75, 3.05) is 19.7 Å². The summed E-state index contributed by atoms with van der Waals surface area (Å²) in [5, 5.41) is 9.31. The van der Waals surface area contributed by atoms with Crippen molar-refractivity contribution < 1.29 is 14.3 Å². The van der Waals surface area contributed by atoms with Gasteiger partial charge in [0.2, 0.25) is 0 Å². The van der Waals surface area contributed by atoms with E-state index >= 15 is 0 Å². The predicted octanol–water partition coefficient (Wildman–Crippen LogP) is 1.66. The van der Waals surface area contributed by atoms with Crippen LogP contribution in [0.1, 0.15) is 41.0 Å². The Morgan fingerprint density at radius 2 is 2.00 bits per heavy atom. The number of rotatable bonds is 9. The summed E-state index contributed by atoms with van der Waals surface area (Å²) in [6, 6.07) is -0.133. The molecule has 0 aromatic carbocycles. The molecular formula is C13H30N2O3Si. The lowest BCUT2D eigenvalue weighted by atomic mass is 9.99. The van der Waals surface area contributed by atoms with Crippen LogP contribution >= 0.6 is 0 Å². The molecule has 19 heavy (non-hydrogen) atoms. The maximum absolute atomic E-state index is 11.0. The van der Waals surface area contributed by atoms with Gasteiger partial charge in [-0.15, -0.1) is 0 Å². The van der Waals surface area contributed by atoms with E-state index < -0.39 is 15.9 Å². The van der Waals surface area contributed by atoms with Crippen molar-refractivity contribution in [3.05, 3.63) is 0 Å². The van der Waals surface area contributed by atoms with Crippen molar-refractivity contribution >= 4 is 15.9 Å². The normalized spacial score (nSPS) is 14.3. The second-order valence-electron chi connectivity index (χ2n) is 6.26. The van der Waals surface area contributed by atoms with Crippen molar-refractivity contribution in [1.29, 1.82) is 0 Å². The fourth-order valence-corrected chi connectivity index (χ4v) is 2.68. The van der Waals surface area contributed by atoms with Crippen LogP contribution in [-0.4, -0.2) is 51.6 Å². The van der Waals surface area contributed by atoms with Gasteiger partial charge in [-0.3, -0.25) is 0 Å². The monoisotopic (exact) mass is 290 g/mol. The molecule has 0 aliphatic heterocycles. The number of nitrogens with two attached hydrogens (primary N) is 1. The lowest BCUT2D eigenvalue weighted by molar-refractivity contribution is 0.139. The quantitative estimate of drug-likeness (QED) is 0.500. The summed E-state index contributed by atoms with van der Waals surface area (Å²) in [6.07, 6.45) is -0.169. The van der Waals surface area contributed by atoms with Gasteiger partial charge in [-0.2, -0.15) is 0 Å². The minimum Gasteiger partial charge on any atom is -0.465 e. The van der Waals surface area contributed by atoms with Gasteiger partial charge in [0.05, 0.1) is 0 Å². The first-order valence-corrected chi connectivity index (χ1v) is 8.26. The van der Waals surface area contributed by atoms with Crippen molar-refractivity contribution in [2.24, 2.45) is 11.7 Å². The molecule has 0 heterocycles. The average molecular weight is 290 g/mol. The first-order chi connectivity index (χ1) is 8.66. The Morgan fingerprint density at radius 1 is 1.42 bits per heavy atom. The van der Waals surface area contributed by atoms with Crippen LogP contribution in [0, 0.1) is 5.92 Å². The van der Waals surface area contributed by atoms with Crippen LogP contribution in [-0.2, 0) is 4.43 Å². The van der Waals surface area contributed by atoms with Gasteiger partial charge in [0.15, 0.2) is 9.76 Å². The highest BCUT2D eigenvalue weighted by Gasteiger charge is 2.23. The van der Waals surface area contributed by atoms with Crippen LogP contribution in [0.25, 0.3) is 0 Å². The van der Waals surface area contributed by atoms with Gasteiger partial charge >= 0.3 is 6.09 Å². The van der Waals surface area contributed by atoms with E-state index in [0.717, 1.165) is 6.42 Å². The van der Waals surface area contributed by atoms with Crippen molar-refractivity contribution in [3.8, 4) is 0 Å². The minimum atomic E-state index is -0.906. The summed E-state index contributed by atoms with van der Waals surface area (Å²) in [7, 11) is -0.585. The third-order valence-corrected chi connectivity index (χ3v) is 5.59. The smallest absolute Gasteiger partial charge is 0.407 e. The molecule has 1 atom stereocenters. The van der Waals surface area contributed by atoms with Gasteiger partial charge in [0, 0.05) is 25.7 Å². The second kappa shape index (κ2) is 8.55. The van der Waals surface area contributed by atoms with Gasteiger partial charge < -0.3 is 20.2 Å². The molecule has 0 radical (unpaired) electrons. The van der Waals surface area contributed by atoms with E-state index in [0.29, 0.717) is 25.6 Å². The topological polar surface area (TPSA) is 75.8 Å². The molecule has 0 saturated carbocycles. The Labute approximate surface area is 119 Å². The number of carbonyl (C=O) groups is 1. The number of nitrogens with zero attached hydrogens (tertiary/aromatic N) is 1. The second-order valence-corrected chi connectivity index (χ2v) is 8.77. The van der Waals surface area contributed by atoms with Crippen LogP contribution in [0.2, 0.25) is 5.04 Å². The van der Waals surface area contributed by atoms with Crippen LogP contribution < -0.4 is 5.73 Å². The molecule has 1 unspecified atom stereocenters. The molecule has 0 fully saturated rings. The fourth-order valence-electron chi connectivity index (χ4n) is 1.47. The summed E-state index contributed by atoms with van der Waals surface area (Å²) in [5.74, 6) is 0.618. The Kier molecular flexibility index (Phi) is 8.29. The third kappa shape index (κ3) is 8.23. The fraction of sp³-hybridized carbons (Fsp3) is 0.923. The first-order valence-electron chi connectivity index (χ1n) is 6.98. The minimum absolute atomic E-state index is 0.133. The van der Waals surface area contributed by atoms with Gasteiger partial charge in [0.1, 0.15) is 0 Å². The molecule has 0 spiro atoms. The summed E-state index contributed by atoms with van der Waals surface area (Å²) in [6.45, 7) is 12.2. The standard InChI is InChI=1S/C13H30N2O3Si/c1-10(2)13(4,5)19-18-8-6-7-15(12(16)17)9-11(3)14/h10-11H,6-9,14,19H2,1-5H3,(H,16,17). The van der Waals surface area contributed by atoms with E-state index in [1.54, 1.807) is 0 Å². The molecule has 0 aromatic heterocycles. The maximum Gasteiger partial charge on any atom is 0.407 e. The predicted molar refractivity (Wildman–Crippen MR) is 81.2 cm³/mol. The van der Waals surface area contributed by atoms with Crippen molar-refractivity contribution in [3.63, 3.8) is 0 Å². The molecule has 0 bridgehead atoms. The summed E-state index contributed by atoms with van der Waals surface area (Å²) >= 11 is 0. The highest BCUT2D eigenvalue weighted by Crippen LogP contribution is 2.32. The Balaban J connectivity index is 3.86. The molecule has 6 heteroatoms. The lowest BCUT2D eigenvalue weighted by Gasteiger charge is -2.28. The van der Waals surface area contributed by atoms with Gasteiger partial charge in [0.25, 0.3) is 0 Å². The zero-order chi connectivity index (χ0) is 15.1. The zero-order valence-corrected chi connectivity index (χ0v) is 14.4. The summed E-state index contributed by atoms with van der Waals surface area (Å²) in [4.78, 5) is 12.3. The molecular weight excluding hydrogens is 260 g/mol. The van der Waals surface area contributed by atoms with E-state index in [1.807, 2.05) is 6.92 Å². The lowest BCUT2D eigenvalue weighted by Crippen LogP contribution is -2.39. The molecule has 0 aliphatic rings. The highest BCUT2D eigenvalue weighted by atomic mass is 28.2. The summed E-state index contributed by atoms with van der Waals surface area (Å²) in [5.41, 5.74) is 5.62. The summed E-state index contributed by atoms with van der Waals surface area (Å²) < 4.78 is 5.78. The van der Waals surface area contributed by atoms with Gasteiger partial charge in [-0.1, -0.05) is 27.7 Å². The molecule has 114 valence electrons. The van der Waals surface area contributed by atoms with E-state index in [9.17, 15) is 4.79 Å². The largest absolute Gasteiger partial charge is 0.465 e. The Morgan fingerprint density at radius 3 is 2.42 bits per heavy atom. The number of hydrogen-bond donors (Lipinski definition) is 2. The van der Waals surface area contributed by atoms with E-state index in [1.165, 1.54) is 4.90 Å². The Bertz CT molecular complexity index is 271. The number of carboxylic acid groups (broad SMARTS) is 1. The average Bonchev–Trinajstić information content (AvgIpc) is 2.25. The van der Waals surface area contributed by atoms with Gasteiger partial charge in [-0.25, -0.2) is 4.79 Å². The molecule has 0 aromatic rings. The van der Waals surface area contributed by atoms with Crippen LogP contribution in [0.4, 0.5) is 4.79 Å². The molecule has 0 aliphatic carbocycles. The molecule has 1 amide bonds. The third-order valence-electron chi connectivity index (χ3n) is 3.53. The number of amides is 1. The van der Waals surface area contributed by atoms with Crippen LogP contribution in [0.5, 0.6) is 0 Å². The van der Waals surface area contributed by atoms with Crippen molar-refractivity contribution in [2.45, 2.75) is 52.1 Å². The van der Waals surface area contributed by atoms with Gasteiger partial charge in [-0.05, 0) is 24.3 Å². The first kappa shape index (κ1) is 18.4. The molecule has 0 rings (SSSR count). The number of hydrogen-bond acceptors (Lipinski definition) is 3. The van der Waals surface area contributed by atoms with Crippen LogP contribution in [0.15, 0.2) is 0 Å². The SMILES string of the molecule is CC(N)CN(CCCO[SiH2]C(C)(C)C(C)C)C(=O)O. The molecule has 3 N–H and O–H groups in total. The zero-order valence-electron chi connectivity index (χ0n) is 13.0. The van der Waals surface area contributed by atoms with Crippen LogP contribution in [0.3, 0.4) is 0 Å². The highest BCUT2D eigenvalue weighted by molar-refractivity contribution is 6.32. The maximum atomic E-state index is 11.0. The molecule has 5 nitrogen and oxygen atoms in total. The van der Waals surface area contributed by atoms with E-state index in [2.05, 4.69) is 27.7 Å². The molecule has 0 saturated heterocycles.